The summed E-state index contributed by atoms with van der Waals surface area (Å²) in [5, 5.41) is 4.76. The van der Waals surface area contributed by atoms with Gasteiger partial charge in [0.05, 0.1) is 5.92 Å². The molecule has 0 saturated heterocycles. The third-order valence-electron chi connectivity index (χ3n) is 2.83. The van der Waals surface area contributed by atoms with Gasteiger partial charge >= 0.3 is 0 Å². The highest BCUT2D eigenvalue weighted by atomic mass is 32.1. The van der Waals surface area contributed by atoms with Crippen molar-refractivity contribution >= 4 is 29.1 Å². The molecule has 1 heterocycles. The first-order valence-electron chi connectivity index (χ1n) is 6.48. The molecule has 1 atom stereocenters. The molecule has 0 unspecified atom stereocenters. The fourth-order valence-electron chi connectivity index (χ4n) is 1.77. The van der Waals surface area contributed by atoms with Crippen molar-refractivity contribution in [1.29, 1.82) is 0 Å². The van der Waals surface area contributed by atoms with E-state index in [-0.39, 0.29) is 17.6 Å². The summed E-state index contributed by atoms with van der Waals surface area (Å²) in [7, 11) is 1.57. The van der Waals surface area contributed by atoms with E-state index in [1.165, 1.54) is 11.3 Å². The van der Waals surface area contributed by atoms with Crippen molar-refractivity contribution in [2.45, 2.75) is 25.2 Å². The van der Waals surface area contributed by atoms with E-state index in [1.807, 2.05) is 0 Å². The lowest BCUT2D eigenvalue weighted by Crippen LogP contribution is -2.26. The van der Waals surface area contributed by atoms with Gasteiger partial charge in [-0.05, 0) is 12.8 Å². The van der Waals surface area contributed by atoms with Crippen LogP contribution in [0.5, 0.6) is 0 Å². The predicted octanol–water partition coefficient (Wildman–Crippen LogP) is -0.485. The van der Waals surface area contributed by atoms with Gasteiger partial charge in [0, 0.05) is 19.0 Å². The highest BCUT2D eigenvalue weighted by molar-refractivity contribution is 7.10. The van der Waals surface area contributed by atoms with Gasteiger partial charge in [0.25, 0.3) is 5.91 Å². The van der Waals surface area contributed by atoms with Crippen molar-refractivity contribution in [3.8, 4) is 0 Å². The molecule has 0 aliphatic carbocycles. The van der Waals surface area contributed by atoms with Crippen LogP contribution in [0.4, 0.5) is 0 Å². The Kier molecular flexibility index (Phi) is 6.60. The molecule has 0 bridgehead atoms. The van der Waals surface area contributed by atoms with E-state index in [4.69, 9.17) is 17.2 Å². The number of nitrogens with zero attached hydrogens (tertiary/aromatic N) is 2. The zero-order valence-corrected chi connectivity index (χ0v) is 12.7. The van der Waals surface area contributed by atoms with Gasteiger partial charge in [-0.3, -0.25) is 14.6 Å². The molecule has 9 heteroatoms. The number of primary amides is 1. The zero-order chi connectivity index (χ0) is 15.8. The van der Waals surface area contributed by atoms with Crippen LogP contribution in [0.1, 0.15) is 40.7 Å². The zero-order valence-electron chi connectivity index (χ0n) is 11.8. The molecule has 1 aromatic heterocycles. The fraction of sp³-hybridized carbons (Fsp3) is 0.500. The third kappa shape index (κ3) is 5.38. The average molecular weight is 312 g/mol. The van der Waals surface area contributed by atoms with Crippen LogP contribution in [0.3, 0.4) is 0 Å². The molecule has 0 aliphatic heterocycles. The molecule has 7 N–H and O–H groups in total. The number of guanidine groups is 1. The van der Waals surface area contributed by atoms with E-state index in [0.29, 0.717) is 18.0 Å². The maximum atomic E-state index is 11.9. The number of amides is 2. The lowest BCUT2D eigenvalue weighted by atomic mass is 10.0. The van der Waals surface area contributed by atoms with Gasteiger partial charge in [0.15, 0.2) is 5.96 Å². The van der Waals surface area contributed by atoms with Gasteiger partial charge in [-0.1, -0.05) is 6.42 Å². The minimum absolute atomic E-state index is 0.0591. The number of hydrogen-bond acceptors (Lipinski definition) is 5. The molecule has 0 aliphatic rings. The lowest BCUT2D eigenvalue weighted by Gasteiger charge is -2.12. The van der Waals surface area contributed by atoms with E-state index in [2.05, 4.69) is 15.3 Å². The molecule has 116 valence electrons. The number of nitrogens with one attached hydrogen (secondary N) is 1. The largest absolute Gasteiger partial charge is 0.370 e. The number of nitrogens with two attached hydrogens (primary N) is 3. The van der Waals surface area contributed by atoms with Crippen LogP contribution in [0.25, 0.3) is 0 Å². The van der Waals surface area contributed by atoms with E-state index >= 15 is 0 Å². The van der Waals surface area contributed by atoms with Gasteiger partial charge in [0.2, 0.25) is 5.91 Å². The normalized spacial score (nSPS) is 11.7. The highest BCUT2D eigenvalue weighted by Crippen LogP contribution is 2.25. The van der Waals surface area contributed by atoms with Crippen LogP contribution in [-0.2, 0) is 4.79 Å². The number of carbonyl (C=O) groups excluding carboxylic acids is 2. The second-order valence-electron chi connectivity index (χ2n) is 4.40. The minimum atomic E-state index is -0.596. The summed E-state index contributed by atoms with van der Waals surface area (Å²) in [6.07, 6.45) is 2.13. The Morgan fingerprint density at radius 2 is 2.10 bits per heavy atom. The van der Waals surface area contributed by atoms with Crippen molar-refractivity contribution in [3.63, 3.8) is 0 Å². The summed E-state index contributed by atoms with van der Waals surface area (Å²) in [6, 6.07) is 0. The number of rotatable bonds is 8. The molecular weight excluding hydrogens is 292 g/mol. The van der Waals surface area contributed by atoms with Crippen LogP contribution >= 0.6 is 11.3 Å². The van der Waals surface area contributed by atoms with Gasteiger partial charge in [-0.15, -0.1) is 11.3 Å². The van der Waals surface area contributed by atoms with Crippen molar-refractivity contribution in [1.82, 2.24) is 10.3 Å². The van der Waals surface area contributed by atoms with E-state index < -0.39 is 11.8 Å². The van der Waals surface area contributed by atoms with Crippen LogP contribution in [0.15, 0.2) is 10.4 Å². The maximum Gasteiger partial charge on any atom is 0.268 e. The van der Waals surface area contributed by atoms with Crippen LogP contribution < -0.4 is 22.5 Å². The topological polar surface area (TPSA) is 149 Å². The summed E-state index contributed by atoms with van der Waals surface area (Å²) >= 11 is 1.26. The second kappa shape index (κ2) is 8.20. The monoisotopic (exact) mass is 312 g/mol. The van der Waals surface area contributed by atoms with Crippen LogP contribution in [0, 0.1) is 0 Å². The Balaban J connectivity index is 2.65. The number of unbranched alkanes of at least 4 members (excludes halogenated alkanes) is 1. The highest BCUT2D eigenvalue weighted by Gasteiger charge is 2.23. The summed E-state index contributed by atoms with van der Waals surface area (Å²) in [6.45, 7) is 0.521. The Labute approximate surface area is 126 Å². The lowest BCUT2D eigenvalue weighted by molar-refractivity contribution is -0.122. The van der Waals surface area contributed by atoms with Crippen LogP contribution in [-0.4, -0.2) is 36.4 Å². The van der Waals surface area contributed by atoms with Gasteiger partial charge < -0.3 is 22.5 Å². The number of aliphatic imine (C=N–C) groups is 1. The van der Waals surface area contributed by atoms with E-state index in [1.54, 1.807) is 12.4 Å². The Hall–Kier alpha value is -2.16. The van der Waals surface area contributed by atoms with Crippen molar-refractivity contribution in [3.05, 3.63) is 16.1 Å². The fourth-order valence-corrected chi connectivity index (χ4v) is 2.71. The molecule has 8 nitrogen and oxygen atoms in total. The molecular formula is C12H20N6O2S. The quantitative estimate of drug-likeness (QED) is 0.290. The average Bonchev–Trinajstić information content (AvgIpc) is 2.91. The first-order chi connectivity index (χ1) is 9.95. The third-order valence-corrected chi connectivity index (χ3v) is 3.79. The first-order valence-corrected chi connectivity index (χ1v) is 7.36. The number of aromatic nitrogens is 1. The molecule has 0 spiro atoms. The number of carbonyl (C=O) groups is 2. The molecule has 2 amide bonds. The standard InChI is InChI=1S/C12H20N6O2S/c1-16-10(20)7(4-2-3-5-17-12(14)15)11-18-8(6-21-11)9(13)19/h6-7H,2-5H2,1H3,(H2,13,19)(H,16,20)(H4,14,15,17)/t7-/m0/s1. The van der Waals surface area contributed by atoms with E-state index in [0.717, 1.165) is 12.8 Å². The first kappa shape index (κ1) is 16.9. The number of likely N-dealkylation sites (N-methyl/N-ethyl adjacent to an activating group) is 1. The Bertz CT molecular complexity index is 524. The summed E-state index contributed by atoms with van der Waals surface area (Å²) in [5.74, 6) is -1.07. The summed E-state index contributed by atoms with van der Waals surface area (Å²) in [5.41, 5.74) is 15.8. The summed E-state index contributed by atoms with van der Waals surface area (Å²) in [4.78, 5) is 31.0. The maximum absolute atomic E-state index is 11.9. The van der Waals surface area contributed by atoms with Crippen molar-refractivity contribution in [2.75, 3.05) is 13.6 Å². The smallest absolute Gasteiger partial charge is 0.268 e. The molecule has 0 fully saturated rings. The van der Waals surface area contributed by atoms with Crippen LogP contribution in [0.2, 0.25) is 0 Å². The SMILES string of the molecule is CNC(=O)[C@H](CCCCN=C(N)N)c1nc(C(N)=O)cs1. The van der Waals surface area contributed by atoms with E-state index in [9.17, 15) is 9.59 Å². The molecule has 0 aromatic carbocycles. The predicted molar refractivity (Wildman–Crippen MR) is 82.0 cm³/mol. The molecule has 1 aromatic rings. The number of thiazole rings is 1. The molecule has 0 saturated carbocycles. The Morgan fingerprint density at radius 3 is 2.62 bits per heavy atom. The van der Waals surface area contributed by atoms with Gasteiger partial charge in [0.1, 0.15) is 10.7 Å². The number of hydrogen-bond donors (Lipinski definition) is 4. The second-order valence-corrected chi connectivity index (χ2v) is 5.29. The van der Waals surface area contributed by atoms with Crippen molar-refractivity contribution < 1.29 is 9.59 Å². The Morgan fingerprint density at radius 1 is 1.38 bits per heavy atom. The molecule has 0 radical (unpaired) electrons. The molecule has 21 heavy (non-hydrogen) atoms. The minimum Gasteiger partial charge on any atom is -0.370 e. The molecule has 1 rings (SSSR count). The van der Waals surface area contributed by atoms with Gasteiger partial charge in [-0.25, -0.2) is 4.98 Å². The van der Waals surface area contributed by atoms with Crippen molar-refractivity contribution in [2.24, 2.45) is 22.2 Å². The van der Waals surface area contributed by atoms with Gasteiger partial charge in [-0.2, -0.15) is 0 Å². The summed E-state index contributed by atoms with van der Waals surface area (Å²) < 4.78 is 0.